The fraction of sp³-hybridized carbons (Fsp3) is 0.0370. The van der Waals surface area contributed by atoms with Gasteiger partial charge in [-0.2, -0.15) is 0 Å². The lowest BCUT2D eigenvalue weighted by Crippen LogP contribution is -1.98. The Labute approximate surface area is 166 Å². The molecule has 0 bridgehead atoms. The van der Waals surface area contributed by atoms with Gasteiger partial charge >= 0.3 is 0 Å². The van der Waals surface area contributed by atoms with E-state index in [0.29, 0.717) is 0 Å². The van der Waals surface area contributed by atoms with Crippen LogP contribution in [0.25, 0.3) is 11.1 Å². The lowest BCUT2D eigenvalue weighted by atomic mass is 9.85. The van der Waals surface area contributed by atoms with Gasteiger partial charge in [-0.15, -0.1) is 0 Å². The first-order chi connectivity index (χ1) is 13.7. The van der Waals surface area contributed by atoms with Gasteiger partial charge in [-0.1, -0.05) is 103 Å². The van der Waals surface area contributed by atoms with E-state index in [1.165, 1.54) is 33.4 Å². The largest absolute Gasteiger partial charge is 0.399 e. The summed E-state index contributed by atoms with van der Waals surface area (Å²) in [5, 5.41) is 0. The minimum Gasteiger partial charge on any atom is -0.399 e. The van der Waals surface area contributed by atoms with E-state index in [9.17, 15) is 0 Å². The summed E-state index contributed by atoms with van der Waals surface area (Å²) in [5.41, 5.74) is 15.2. The van der Waals surface area contributed by atoms with Crippen LogP contribution in [0, 0.1) is 6.92 Å². The van der Waals surface area contributed by atoms with Crippen LogP contribution >= 0.6 is 0 Å². The van der Waals surface area contributed by atoms with Crippen molar-refractivity contribution in [1.29, 1.82) is 0 Å². The first-order valence-corrected chi connectivity index (χ1v) is 9.50. The molecule has 0 aromatic heterocycles. The summed E-state index contributed by atoms with van der Waals surface area (Å²) in [6.45, 7) is 2.12. The maximum absolute atomic E-state index is 5.97. The number of nitrogens with two attached hydrogens (primary N) is 1. The summed E-state index contributed by atoms with van der Waals surface area (Å²) in [7, 11) is 0. The van der Waals surface area contributed by atoms with Crippen LogP contribution in [-0.4, -0.2) is 0 Å². The third-order valence-electron chi connectivity index (χ3n) is 4.91. The second-order valence-electron chi connectivity index (χ2n) is 6.97. The van der Waals surface area contributed by atoms with Gasteiger partial charge < -0.3 is 5.73 Å². The quantitative estimate of drug-likeness (QED) is 0.322. The predicted molar refractivity (Wildman–Crippen MR) is 120 cm³/mol. The van der Waals surface area contributed by atoms with Crippen LogP contribution in [0.4, 0.5) is 5.69 Å². The molecular weight excluding hydrogens is 338 g/mol. The van der Waals surface area contributed by atoms with Gasteiger partial charge in [-0.25, -0.2) is 0 Å². The van der Waals surface area contributed by atoms with E-state index in [4.69, 9.17) is 5.73 Å². The Morgan fingerprint density at radius 1 is 0.464 bits per heavy atom. The zero-order chi connectivity index (χ0) is 19.3. The summed E-state index contributed by atoms with van der Waals surface area (Å²) in [6, 6.07) is 38.1. The van der Waals surface area contributed by atoms with Gasteiger partial charge in [0.2, 0.25) is 0 Å². The lowest BCUT2D eigenvalue weighted by Gasteiger charge is -2.18. The molecule has 0 fully saturated rings. The van der Waals surface area contributed by atoms with E-state index >= 15 is 0 Å². The fourth-order valence-corrected chi connectivity index (χ4v) is 3.49. The Bertz CT molecular complexity index is 986. The molecule has 0 aliphatic heterocycles. The van der Waals surface area contributed by atoms with Gasteiger partial charge in [0.05, 0.1) is 0 Å². The smallest absolute Gasteiger partial charge is 0.0314 e. The molecule has 0 aliphatic carbocycles. The van der Waals surface area contributed by atoms with Crippen LogP contribution in [0.2, 0.25) is 0 Å². The Morgan fingerprint density at radius 3 is 1.25 bits per heavy atom. The Hall–Kier alpha value is -3.58. The summed E-state index contributed by atoms with van der Waals surface area (Å²) >= 11 is 0. The monoisotopic (exact) mass is 361 g/mol. The highest BCUT2D eigenvalue weighted by Gasteiger charge is 2.15. The van der Waals surface area contributed by atoms with Crippen molar-refractivity contribution in [3.05, 3.63) is 137 Å². The van der Waals surface area contributed by atoms with Crippen LogP contribution < -0.4 is 5.73 Å². The van der Waals surface area contributed by atoms with Crippen molar-refractivity contribution in [2.75, 3.05) is 5.73 Å². The van der Waals surface area contributed by atoms with Crippen molar-refractivity contribution < 1.29 is 0 Å². The van der Waals surface area contributed by atoms with Gasteiger partial charge in [0.25, 0.3) is 0 Å². The highest BCUT2D eigenvalue weighted by molar-refractivity contribution is 6.04. The Kier molecular flexibility index (Phi) is 5.07. The molecule has 0 saturated carbocycles. The van der Waals surface area contributed by atoms with Crippen LogP contribution in [0.15, 0.2) is 109 Å². The molecule has 1 nitrogen and oxygen atoms in total. The summed E-state index contributed by atoms with van der Waals surface area (Å²) < 4.78 is 0. The van der Waals surface area contributed by atoms with Crippen molar-refractivity contribution in [3.8, 4) is 0 Å². The summed E-state index contributed by atoms with van der Waals surface area (Å²) in [5.74, 6) is 0. The lowest BCUT2D eigenvalue weighted by molar-refractivity contribution is 1.44. The van der Waals surface area contributed by atoms with Crippen LogP contribution in [0.1, 0.15) is 27.8 Å². The molecule has 4 aromatic carbocycles. The third-order valence-corrected chi connectivity index (χ3v) is 4.91. The maximum Gasteiger partial charge on any atom is 0.0314 e. The molecule has 0 radical (unpaired) electrons. The molecule has 0 saturated heterocycles. The zero-order valence-corrected chi connectivity index (χ0v) is 16.0. The molecule has 4 rings (SSSR count). The summed E-state index contributed by atoms with van der Waals surface area (Å²) in [4.78, 5) is 0. The molecule has 0 spiro atoms. The molecule has 1 heteroatoms. The molecule has 4 aromatic rings. The molecule has 0 amide bonds. The number of hydrogen-bond donors (Lipinski definition) is 1. The van der Waals surface area contributed by atoms with Crippen molar-refractivity contribution >= 4 is 16.8 Å². The van der Waals surface area contributed by atoms with E-state index in [1.807, 2.05) is 12.1 Å². The van der Waals surface area contributed by atoms with E-state index in [1.54, 1.807) is 0 Å². The van der Waals surface area contributed by atoms with Crippen LogP contribution in [0.3, 0.4) is 0 Å². The van der Waals surface area contributed by atoms with Gasteiger partial charge in [-0.05, 0) is 52.5 Å². The molecule has 0 aliphatic rings. The molecule has 136 valence electrons. The Balaban J connectivity index is 2.08. The molecule has 28 heavy (non-hydrogen) atoms. The number of rotatable bonds is 4. The third kappa shape index (κ3) is 3.74. The van der Waals surface area contributed by atoms with Gasteiger partial charge in [0.1, 0.15) is 0 Å². The van der Waals surface area contributed by atoms with E-state index < -0.39 is 0 Å². The maximum atomic E-state index is 5.97. The van der Waals surface area contributed by atoms with Crippen molar-refractivity contribution in [2.24, 2.45) is 0 Å². The first-order valence-electron chi connectivity index (χ1n) is 9.50. The first kappa shape index (κ1) is 17.8. The van der Waals surface area contributed by atoms with Gasteiger partial charge in [0, 0.05) is 5.69 Å². The minimum atomic E-state index is 0.771. The minimum absolute atomic E-state index is 0.771. The second-order valence-corrected chi connectivity index (χ2v) is 6.97. The molecular formula is C27H23N. The normalized spacial score (nSPS) is 10.5. The Morgan fingerprint density at radius 2 is 0.821 bits per heavy atom. The number of nitrogen functional groups attached to an aromatic ring is 1. The SMILES string of the molecule is Cc1ccc(C(=C(c2ccccc2)c2ccccc2)c2ccc(N)cc2)cc1. The van der Waals surface area contributed by atoms with Gasteiger partial charge in [0.15, 0.2) is 0 Å². The topological polar surface area (TPSA) is 26.0 Å². The molecule has 0 atom stereocenters. The zero-order valence-electron chi connectivity index (χ0n) is 16.0. The van der Waals surface area contributed by atoms with Crippen molar-refractivity contribution in [1.82, 2.24) is 0 Å². The standard InChI is InChI=1S/C27H23N/c1-20-12-14-23(15-13-20)27(24-16-18-25(28)19-17-24)26(21-8-4-2-5-9-21)22-10-6-3-7-11-22/h2-19H,28H2,1H3. The highest BCUT2D eigenvalue weighted by atomic mass is 14.5. The number of benzene rings is 4. The van der Waals surface area contributed by atoms with Crippen molar-refractivity contribution in [3.63, 3.8) is 0 Å². The number of hydrogen-bond acceptors (Lipinski definition) is 1. The van der Waals surface area contributed by atoms with Crippen LogP contribution in [0.5, 0.6) is 0 Å². The van der Waals surface area contributed by atoms with Crippen molar-refractivity contribution in [2.45, 2.75) is 6.92 Å². The number of aryl methyl sites for hydroxylation is 1. The van der Waals surface area contributed by atoms with Gasteiger partial charge in [-0.3, -0.25) is 0 Å². The molecule has 0 heterocycles. The molecule has 0 unspecified atom stereocenters. The fourth-order valence-electron chi connectivity index (χ4n) is 3.49. The molecule has 2 N–H and O–H groups in total. The van der Waals surface area contributed by atoms with E-state index in [-0.39, 0.29) is 0 Å². The average molecular weight is 361 g/mol. The number of anilines is 1. The van der Waals surface area contributed by atoms with E-state index in [0.717, 1.165) is 11.3 Å². The van der Waals surface area contributed by atoms with E-state index in [2.05, 4.69) is 104 Å². The summed E-state index contributed by atoms with van der Waals surface area (Å²) in [6.07, 6.45) is 0. The predicted octanol–water partition coefficient (Wildman–Crippen LogP) is 6.58. The second kappa shape index (κ2) is 7.98. The average Bonchev–Trinajstić information content (AvgIpc) is 2.75. The highest BCUT2D eigenvalue weighted by Crippen LogP contribution is 2.37. The van der Waals surface area contributed by atoms with Crippen LogP contribution in [-0.2, 0) is 0 Å².